The van der Waals surface area contributed by atoms with Crippen molar-refractivity contribution in [3.8, 4) is 0 Å². The number of ether oxygens (including phenoxy) is 4. The third kappa shape index (κ3) is 6.69. The molecular weight excluding hydrogens is 232 g/mol. The summed E-state index contributed by atoms with van der Waals surface area (Å²) in [6.45, 7) is 5.80. The van der Waals surface area contributed by atoms with Crippen molar-refractivity contribution in [2.45, 2.75) is 64.3 Å². The summed E-state index contributed by atoms with van der Waals surface area (Å²) in [6.07, 6.45) is 6.44. The summed E-state index contributed by atoms with van der Waals surface area (Å²) < 4.78 is 22.0. The van der Waals surface area contributed by atoms with E-state index in [4.69, 9.17) is 18.9 Å². The quantitative estimate of drug-likeness (QED) is 0.472. The van der Waals surface area contributed by atoms with Gasteiger partial charge in [0, 0.05) is 7.11 Å². The lowest BCUT2D eigenvalue weighted by Gasteiger charge is -2.28. The summed E-state index contributed by atoms with van der Waals surface area (Å²) in [6, 6.07) is 0. The Morgan fingerprint density at radius 1 is 1.17 bits per heavy atom. The van der Waals surface area contributed by atoms with Crippen LogP contribution >= 0.6 is 0 Å². The predicted octanol–water partition coefficient (Wildman–Crippen LogP) is 2.75. The van der Waals surface area contributed by atoms with Crippen molar-refractivity contribution < 1.29 is 18.9 Å². The molecule has 1 fully saturated rings. The molecule has 3 unspecified atom stereocenters. The van der Waals surface area contributed by atoms with Crippen LogP contribution in [0.1, 0.15) is 46.0 Å². The van der Waals surface area contributed by atoms with Gasteiger partial charge in [-0.05, 0) is 39.0 Å². The number of rotatable bonds is 9. The van der Waals surface area contributed by atoms with Crippen LogP contribution in [0.25, 0.3) is 0 Å². The van der Waals surface area contributed by atoms with E-state index in [1.165, 1.54) is 6.42 Å². The smallest absolute Gasteiger partial charge is 0.147 e. The summed E-state index contributed by atoms with van der Waals surface area (Å²) in [7, 11) is 1.77. The van der Waals surface area contributed by atoms with E-state index in [0.29, 0.717) is 38.3 Å². The third-order valence-electron chi connectivity index (χ3n) is 3.50. The zero-order valence-electron chi connectivity index (χ0n) is 12.0. The Balaban J connectivity index is 1.94. The second-order valence-corrected chi connectivity index (χ2v) is 4.93. The van der Waals surface area contributed by atoms with Crippen LogP contribution in [0.2, 0.25) is 0 Å². The molecule has 0 radical (unpaired) electrons. The number of hydrogen-bond acceptors (Lipinski definition) is 4. The summed E-state index contributed by atoms with van der Waals surface area (Å²) in [5.41, 5.74) is 0. The van der Waals surface area contributed by atoms with Gasteiger partial charge in [-0.25, -0.2) is 0 Å². The highest BCUT2D eigenvalue weighted by Crippen LogP contribution is 2.22. The molecular formula is C14H28O4. The van der Waals surface area contributed by atoms with E-state index < -0.39 is 0 Å². The normalized spacial score (nSPS) is 26.2. The Bertz CT molecular complexity index is 198. The van der Waals surface area contributed by atoms with Crippen molar-refractivity contribution in [2.24, 2.45) is 0 Å². The molecule has 1 aliphatic carbocycles. The van der Waals surface area contributed by atoms with Crippen LogP contribution in [0, 0.1) is 0 Å². The summed E-state index contributed by atoms with van der Waals surface area (Å²) in [5.74, 6) is 0. The minimum absolute atomic E-state index is 0.291. The van der Waals surface area contributed by atoms with Gasteiger partial charge in [-0.1, -0.05) is 6.92 Å². The SMILES string of the molecule is CCC(C)OCCOCOC1CCCC(OC)C1. The van der Waals surface area contributed by atoms with Gasteiger partial charge in [0.15, 0.2) is 0 Å². The Kier molecular flexibility index (Phi) is 8.59. The van der Waals surface area contributed by atoms with Crippen molar-refractivity contribution in [2.75, 3.05) is 27.1 Å². The van der Waals surface area contributed by atoms with E-state index >= 15 is 0 Å². The fraction of sp³-hybridized carbons (Fsp3) is 1.00. The van der Waals surface area contributed by atoms with E-state index in [0.717, 1.165) is 25.7 Å². The maximum Gasteiger partial charge on any atom is 0.147 e. The van der Waals surface area contributed by atoms with E-state index in [1.807, 2.05) is 0 Å². The van der Waals surface area contributed by atoms with Crippen LogP contribution in [0.4, 0.5) is 0 Å². The van der Waals surface area contributed by atoms with Gasteiger partial charge in [0.2, 0.25) is 0 Å². The fourth-order valence-electron chi connectivity index (χ4n) is 2.10. The molecule has 0 amide bonds. The maximum absolute atomic E-state index is 5.69. The van der Waals surface area contributed by atoms with E-state index in [1.54, 1.807) is 7.11 Å². The highest BCUT2D eigenvalue weighted by molar-refractivity contribution is 4.73. The van der Waals surface area contributed by atoms with Crippen molar-refractivity contribution in [1.82, 2.24) is 0 Å². The summed E-state index contributed by atoms with van der Waals surface area (Å²) in [5, 5.41) is 0. The molecule has 0 saturated heterocycles. The monoisotopic (exact) mass is 260 g/mol. The molecule has 0 N–H and O–H groups in total. The molecule has 1 saturated carbocycles. The maximum atomic E-state index is 5.69. The minimum Gasteiger partial charge on any atom is -0.381 e. The largest absolute Gasteiger partial charge is 0.381 e. The minimum atomic E-state index is 0.291. The molecule has 1 rings (SSSR count). The van der Waals surface area contributed by atoms with E-state index in [2.05, 4.69) is 13.8 Å². The first kappa shape index (κ1) is 15.9. The Morgan fingerprint density at radius 3 is 2.67 bits per heavy atom. The van der Waals surface area contributed by atoms with Gasteiger partial charge in [0.25, 0.3) is 0 Å². The highest BCUT2D eigenvalue weighted by atomic mass is 16.7. The van der Waals surface area contributed by atoms with Gasteiger partial charge in [0.1, 0.15) is 6.79 Å². The van der Waals surface area contributed by atoms with Crippen LogP contribution in [0.3, 0.4) is 0 Å². The lowest BCUT2D eigenvalue weighted by atomic mass is 9.95. The summed E-state index contributed by atoms with van der Waals surface area (Å²) >= 11 is 0. The number of hydrogen-bond donors (Lipinski definition) is 0. The van der Waals surface area contributed by atoms with Crippen molar-refractivity contribution in [3.63, 3.8) is 0 Å². The third-order valence-corrected chi connectivity index (χ3v) is 3.50. The molecule has 0 aromatic heterocycles. The molecule has 0 aromatic carbocycles. The predicted molar refractivity (Wildman–Crippen MR) is 70.7 cm³/mol. The van der Waals surface area contributed by atoms with Gasteiger partial charge in [-0.2, -0.15) is 0 Å². The van der Waals surface area contributed by atoms with Crippen LogP contribution < -0.4 is 0 Å². The second kappa shape index (κ2) is 9.73. The standard InChI is InChI=1S/C14H28O4/c1-4-12(2)17-9-8-16-11-18-14-7-5-6-13(10-14)15-3/h12-14H,4-11H2,1-3H3. The molecule has 108 valence electrons. The Morgan fingerprint density at radius 2 is 1.94 bits per heavy atom. The Labute approximate surface area is 111 Å². The number of methoxy groups -OCH3 is 1. The van der Waals surface area contributed by atoms with Gasteiger partial charge >= 0.3 is 0 Å². The first-order valence-corrected chi connectivity index (χ1v) is 7.10. The van der Waals surface area contributed by atoms with Gasteiger partial charge in [-0.3, -0.25) is 0 Å². The van der Waals surface area contributed by atoms with Crippen LogP contribution in [-0.2, 0) is 18.9 Å². The van der Waals surface area contributed by atoms with Gasteiger partial charge < -0.3 is 18.9 Å². The first-order chi connectivity index (χ1) is 8.76. The molecule has 0 heterocycles. The average Bonchev–Trinajstić information content (AvgIpc) is 2.42. The molecule has 4 heteroatoms. The lowest BCUT2D eigenvalue weighted by molar-refractivity contribution is -0.123. The molecule has 1 aliphatic rings. The molecule has 0 aliphatic heterocycles. The highest BCUT2D eigenvalue weighted by Gasteiger charge is 2.21. The topological polar surface area (TPSA) is 36.9 Å². The molecule has 4 nitrogen and oxygen atoms in total. The molecule has 3 atom stereocenters. The van der Waals surface area contributed by atoms with Crippen molar-refractivity contribution >= 4 is 0 Å². The Hall–Kier alpha value is -0.160. The van der Waals surface area contributed by atoms with Crippen LogP contribution in [0.5, 0.6) is 0 Å². The fourth-order valence-corrected chi connectivity index (χ4v) is 2.10. The second-order valence-electron chi connectivity index (χ2n) is 4.93. The van der Waals surface area contributed by atoms with Crippen molar-refractivity contribution in [1.29, 1.82) is 0 Å². The van der Waals surface area contributed by atoms with Crippen LogP contribution in [-0.4, -0.2) is 45.4 Å². The average molecular weight is 260 g/mol. The molecule has 0 aromatic rings. The summed E-state index contributed by atoms with van der Waals surface area (Å²) in [4.78, 5) is 0. The molecule has 0 spiro atoms. The zero-order valence-corrected chi connectivity index (χ0v) is 12.0. The van der Waals surface area contributed by atoms with E-state index in [9.17, 15) is 0 Å². The van der Waals surface area contributed by atoms with Gasteiger partial charge in [-0.15, -0.1) is 0 Å². The van der Waals surface area contributed by atoms with Crippen molar-refractivity contribution in [3.05, 3.63) is 0 Å². The van der Waals surface area contributed by atoms with Crippen LogP contribution in [0.15, 0.2) is 0 Å². The van der Waals surface area contributed by atoms with E-state index in [-0.39, 0.29) is 0 Å². The molecule has 0 bridgehead atoms. The van der Waals surface area contributed by atoms with Gasteiger partial charge in [0.05, 0.1) is 31.5 Å². The molecule has 18 heavy (non-hydrogen) atoms. The zero-order chi connectivity index (χ0) is 13.2. The first-order valence-electron chi connectivity index (χ1n) is 7.10. The lowest BCUT2D eigenvalue weighted by Crippen LogP contribution is -2.28.